The highest BCUT2D eigenvalue weighted by molar-refractivity contribution is 5.94. The number of carboxylic acid groups (broad SMARTS) is 1. The van der Waals surface area contributed by atoms with Crippen molar-refractivity contribution in [1.29, 1.82) is 0 Å². The summed E-state index contributed by atoms with van der Waals surface area (Å²) < 4.78 is 0. The first-order valence-electron chi connectivity index (χ1n) is 3.86. The predicted octanol–water partition coefficient (Wildman–Crippen LogP) is 0.275. The molecule has 1 N–H and O–H groups in total. The number of carbonyl (C=O) groups excluding carboxylic acids is 1. The normalized spacial score (nSPS) is 9.36. The molecule has 0 radical (unpaired) electrons. The van der Waals surface area contributed by atoms with Crippen LogP contribution in [0.25, 0.3) is 0 Å². The molecule has 0 heterocycles. The maximum Gasteiger partial charge on any atom is 0.328 e. The molecule has 14 heavy (non-hydrogen) atoms. The van der Waals surface area contributed by atoms with E-state index in [1.165, 1.54) is 11.0 Å². The lowest BCUT2D eigenvalue weighted by molar-refractivity contribution is -0.132. The quantitative estimate of drug-likeness (QED) is 0.387. The van der Waals surface area contributed by atoms with Gasteiger partial charge >= 0.3 is 5.97 Å². The van der Waals surface area contributed by atoms with Gasteiger partial charge in [0, 0.05) is 18.7 Å². The Morgan fingerprint density at radius 2 is 2.14 bits per heavy atom. The Bertz CT molecular complexity index is 299. The number of carbonyl (C=O) groups is 2. The van der Waals surface area contributed by atoms with Crippen LogP contribution < -0.4 is 0 Å². The molecule has 0 aliphatic rings. The van der Waals surface area contributed by atoms with Crippen LogP contribution in [0, 0.1) is 12.3 Å². The molecule has 74 valence electrons. The van der Waals surface area contributed by atoms with Crippen molar-refractivity contribution in [2.45, 2.75) is 0 Å². The maximum absolute atomic E-state index is 11.3. The zero-order valence-electron chi connectivity index (χ0n) is 7.64. The van der Waals surface area contributed by atoms with Gasteiger partial charge in [-0.05, 0) is 0 Å². The van der Waals surface area contributed by atoms with E-state index in [0.717, 1.165) is 12.2 Å². The second-order valence-electron chi connectivity index (χ2n) is 2.38. The van der Waals surface area contributed by atoms with Crippen molar-refractivity contribution in [3.8, 4) is 12.3 Å². The number of hydrogen-bond acceptors (Lipinski definition) is 2. The molecule has 0 fully saturated rings. The smallest absolute Gasteiger partial charge is 0.328 e. The molecule has 0 aliphatic heterocycles. The minimum atomic E-state index is -1.17. The molecule has 0 saturated heterocycles. The van der Waals surface area contributed by atoms with Crippen LogP contribution in [0.15, 0.2) is 24.8 Å². The van der Waals surface area contributed by atoms with Gasteiger partial charge in [0.2, 0.25) is 5.91 Å². The molecule has 0 aliphatic carbocycles. The van der Waals surface area contributed by atoms with Crippen molar-refractivity contribution in [3.05, 3.63) is 24.8 Å². The standard InChI is InChI=1S/C10H11NO3/c1-3-7-11(8-4-2)9(12)5-6-10(13)14/h1,4-6H,2,7-8H2,(H,13,14)/b6-5-. The molecular formula is C10H11NO3. The van der Waals surface area contributed by atoms with Gasteiger partial charge in [0.1, 0.15) is 0 Å². The third kappa shape index (κ3) is 4.78. The van der Waals surface area contributed by atoms with Gasteiger partial charge in [0.15, 0.2) is 0 Å². The van der Waals surface area contributed by atoms with E-state index >= 15 is 0 Å². The molecular weight excluding hydrogens is 182 g/mol. The summed E-state index contributed by atoms with van der Waals surface area (Å²) in [6, 6.07) is 0. The first kappa shape index (κ1) is 12.0. The molecule has 0 aromatic carbocycles. The summed E-state index contributed by atoms with van der Waals surface area (Å²) in [6.07, 6.45) is 8.29. The van der Waals surface area contributed by atoms with E-state index in [4.69, 9.17) is 11.5 Å². The van der Waals surface area contributed by atoms with E-state index in [1.807, 2.05) is 0 Å². The highest BCUT2D eigenvalue weighted by Crippen LogP contribution is 1.91. The fraction of sp³-hybridized carbons (Fsp3) is 0.200. The number of terminal acetylenes is 1. The van der Waals surface area contributed by atoms with E-state index in [0.29, 0.717) is 6.54 Å². The van der Waals surface area contributed by atoms with E-state index in [1.54, 1.807) is 0 Å². The zero-order chi connectivity index (χ0) is 11.0. The maximum atomic E-state index is 11.3. The first-order chi connectivity index (χ1) is 6.61. The van der Waals surface area contributed by atoms with Gasteiger partial charge in [-0.1, -0.05) is 12.0 Å². The van der Waals surface area contributed by atoms with Gasteiger partial charge in [0.05, 0.1) is 6.54 Å². The van der Waals surface area contributed by atoms with Crippen LogP contribution in [-0.4, -0.2) is 35.0 Å². The second-order valence-corrected chi connectivity index (χ2v) is 2.38. The van der Waals surface area contributed by atoms with Gasteiger partial charge < -0.3 is 10.0 Å². The van der Waals surface area contributed by atoms with E-state index in [9.17, 15) is 9.59 Å². The molecule has 4 heteroatoms. The van der Waals surface area contributed by atoms with Crippen LogP contribution in [0.1, 0.15) is 0 Å². The van der Waals surface area contributed by atoms with E-state index < -0.39 is 11.9 Å². The van der Waals surface area contributed by atoms with Crippen molar-refractivity contribution >= 4 is 11.9 Å². The number of amides is 1. The van der Waals surface area contributed by atoms with E-state index in [2.05, 4.69) is 12.5 Å². The summed E-state index contributed by atoms with van der Waals surface area (Å²) in [4.78, 5) is 22.7. The summed E-state index contributed by atoms with van der Waals surface area (Å²) in [7, 11) is 0. The largest absolute Gasteiger partial charge is 0.478 e. The molecule has 0 rings (SSSR count). The molecule has 1 amide bonds. The topological polar surface area (TPSA) is 57.6 Å². The number of aliphatic carboxylic acids is 1. The molecule has 0 saturated carbocycles. The van der Waals surface area contributed by atoms with Crippen molar-refractivity contribution < 1.29 is 14.7 Å². The molecule has 0 aromatic rings. The third-order valence-corrected chi connectivity index (χ3v) is 1.31. The minimum Gasteiger partial charge on any atom is -0.478 e. The Balaban J connectivity index is 4.36. The Morgan fingerprint density at radius 3 is 2.57 bits per heavy atom. The fourth-order valence-corrected chi connectivity index (χ4v) is 0.746. The SMILES string of the molecule is C#CCN(CC=C)C(=O)/C=C\C(=O)O. The van der Waals surface area contributed by atoms with Crippen LogP contribution in [0.4, 0.5) is 0 Å². The number of hydrogen-bond donors (Lipinski definition) is 1. The number of carboxylic acids is 1. The highest BCUT2D eigenvalue weighted by Gasteiger charge is 2.06. The molecule has 0 unspecified atom stereocenters. The van der Waals surface area contributed by atoms with Crippen LogP contribution in [0.3, 0.4) is 0 Å². The van der Waals surface area contributed by atoms with Crippen LogP contribution in [-0.2, 0) is 9.59 Å². The van der Waals surface area contributed by atoms with Gasteiger partial charge in [-0.25, -0.2) is 4.79 Å². The lowest BCUT2D eigenvalue weighted by atomic mass is 10.4. The zero-order valence-corrected chi connectivity index (χ0v) is 7.64. The van der Waals surface area contributed by atoms with Gasteiger partial charge in [-0.3, -0.25) is 4.79 Å². The van der Waals surface area contributed by atoms with Gasteiger partial charge in [0.25, 0.3) is 0 Å². The molecule has 0 spiro atoms. The predicted molar refractivity (Wildman–Crippen MR) is 52.4 cm³/mol. The van der Waals surface area contributed by atoms with Gasteiger partial charge in [-0.2, -0.15) is 0 Å². The Hall–Kier alpha value is -2.02. The Morgan fingerprint density at radius 1 is 1.50 bits per heavy atom. The lowest BCUT2D eigenvalue weighted by Crippen LogP contribution is -2.30. The molecule has 0 atom stereocenters. The summed E-state index contributed by atoms with van der Waals surface area (Å²) in [5.41, 5.74) is 0. The average molecular weight is 193 g/mol. The molecule has 4 nitrogen and oxygen atoms in total. The second kappa shape index (κ2) is 6.49. The lowest BCUT2D eigenvalue weighted by Gasteiger charge is -2.15. The summed E-state index contributed by atoms with van der Waals surface area (Å²) in [5.74, 6) is 0.689. The third-order valence-electron chi connectivity index (χ3n) is 1.31. The average Bonchev–Trinajstić information content (AvgIpc) is 2.14. The van der Waals surface area contributed by atoms with Crippen molar-refractivity contribution in [2.24, 2.45) is 0 Å². The van der Waals surface area contributed by atoms with Crippen molar-refractivity contribution in [3.63, 3.8) is 0 Å². The van der Waals surface area contributed by atoms with E-state index in [-0.39, 0.29) is 6.54 Å². The first-order valence-corrected chi connectivity index (χ1v) is 3.86. The van der Waals surface area contributed by atoms with Crippen molar-refractivity contribution in [2.75, 3.05) is 13.1 Å². The number of rotatable bonds is 5. The Labute approximate surface area is 82.5 Å². The summed E-state index contributed by atoms with van der Waals surface area (Å²) in [5, 5.41) is 8.29. The number of nitrogens with zero attached hydrogens (tertiary/aromatic N) is 1. The summed E-state index contributed by atoms with van der Waals surface area (Å²) in [6.45, 7) is 3.89. The van der Waals surface area contributed by atoms with Crippen molar-refractivity contribution in [1.82, 2.24) is 4.90 Å². The molecule has 0 aromatic heterocycles. The fourth-order valence-electron chi connectivity index (χ4n) is 0.746. The van der Waals surface area contributed by atoms with Crippen LogP contribution >= 0.6 is 0 Å². The Kier molecular flexibility index (Phi) is 5.55. The van der Waals surface area contributed by atoms with Crippen LogP contribution in [0.2, 0.25) is 0 Å². The monoisotopic (exact) mass is 193 g/mol. The van der Waals surface area contributed by atoms with Crippen LogP contribution in [0.5, 0.6) is 0 Å². The molecule has 0 bridgehead atoms. The highest BCUT2D eigenvalue weighted by atomic mass is 16.4. The van der Waals surface area contributed by atoms with Gasteiger partial charge in [-0.15, -0.1) is 13.0 Å². The minimum absolute atomic E-state index is 0.134. The summed E-state index contributed by atoms with van der Waals surface area (Å²) >= 11 is 0.